The maximum Gasteiger partial charge on any atom is 0.0902 e. The van der Waals surface area contributed by atoms with Gasteiger partial charge in [0.05, 0.1) is 11.2 Å². The van der Waals surface area contributed by atoms with Gasteiger partial charge in [0, 0.05) is 0 Å². The van der Waals surface area contributed by atoms with Gasteiger partial charge in [0.1, 0.15) is 0 Å². The molecule has 134 valence electrons. The van der Waals surface area contributed by atoms with Gasteiger partial charge in [0.25, 0.3) is 0 Å². The third kappa shape index (κ3) is 9.84. The second-order valence-electron chi connectivity index (χ2n) is 7.58. The summed E-state index contributed by atoms with van der Waals surface area (Å²) >= 11 is 0. The Morgan fingerprint density at radius 2 is 0.773 bits per heavy atom. The van der Waals surface area contributed by atoms with E-state index in [2.05, 4.69) is 13.8 Å². The highest BCUT2D eigenvalue weighted by molar-refractivity contribution is 4.93. The van der Waals surface area contributed by atoms with E-state index in [0.29, 0.717) is 12.8 Å². The predicted octanol–water partition coefficient (Wildman–Crippen LogP) is 5.99. The smallest absolute Gasteiger partial charge is 0.0902 e. The summed E-state index contributed by atoms with van der Waals surface area (Å²) in [5.74, 6) is 0. The van der Waals surface area contributed by atoms with Gasteiger partial charge in [0.2, 0.25) is 0 Å². The zero-order valence-electron chi connectivity index (χ0n) is 15.8. The molecule has 0 aliphatic rings. The van der Waals surface area contributed by atoms with Crippen LogP contribution >= 0.6 is 0 Å². The van der Waals surface area contributed by atoms with Crippen LogP contribution < -0.4 is 0 Å². The van der Waals surface area contributed by atoms with Gasteiger partial charge in [-0.15, -0.1) is 0 Å². The Hall–Kier alpha value is -0.0800. The van der Waals surface area contributed by atoms with Crippen LogP contribution in [0.15, 0.2) is 0 Å². The first-order chi connectivity index (χ1) is 10.4. The second kappa shape index (κ2) is 12.4. The number of hydrogen-bond donors (Lipinski definition) is 2. The van der Waals surface area contributed by atoms with E-state index in [1.54, 1.807) is 0 Å². The molecule has 2 heteroatoms. The minimum Gasteiger partial charge on any atom is -0.387 e. The molecule has 0 aromatic rings. The molecule has 0 aromatic heterocycles. The monoisotopic (exact) mass is 314 g/mol. The number of unbranched alkanes of at least 4 members (excludes halogenated alkanes) is 10. The fourth-order valence-corrected chi connectivity index (χ4v) is 3.04. The van der Waals surface area contributed by atoms with Crippen molar-refractivity contribution in [3.8, 4) is 0 Å². The maximum atomic E-state index is 10.6. The summed E-state index contributed by atoms with van der Waals surface area (Å²) in [7, 11) is 0. The summed E-state index contributed by atoms with van der Waals surface area (Å²) in [5.41, 5.74) is -1.91. The van der Waals surface area contributed by atoms with Crippen molar-refractivity contribution in [1.29, 1.82) is 0 Å². The van der Waals surface area contributed by atoms with Crippen molar-refractivity contribution in [2.24, 2.45) is 0 Å². The SMILES string of the molecule is CCCCCCCCC(C)(O)C(C)(O)CCCCCCCC. The third-order valence-electron chi connectivity index (χ3n) is 5.19. The molecule has 2 unspecified atom stereocenters. The molecule has 0 saturated heterocycles. The first-order valence-corrected chi connectivity index (χ1v) is 9.82. The largest absolute Gasteiger partial charge is 0.387 e. The van der Waals surface area contributed by atoms with Crippen LogP contribution in [-0.2, 0) is 0 Å². The van der Waals surface area contributed by atoms with Crippen molar-refractivity contribution in [2.75, 3.05) is 0 Å². The Kier molecular flexibility index (Phi) is 12.3. The van der Waals surface area contributed by atoms with Gasteiger partial charge >= 0.3 is 0 Å². The molecule has 0 aromatic carbocycles. The predicted molar refractivity (Wildman–Crippen MR) is 97.2 cm³/mol. The van der Waals surface area contributed by atoms with Crippen molar-refractivity contribution in [3.05, 3.63) is 0 Å². The van der Waals surface area contributed by atoms with E-state index in [9.17, 15) is 10.2 Å². The van der Waals surface area contributed by atoms with Gasteiger partial charge in [-0.05, 0) is 26.7 Å². The summed E-state index contributed by atoms with van der Waals surface area (Å²) < 4.78 is 0. The average molecular weight is 315 g/mol. The van der Waals surface area contributed by atoms with E-state index in [4.69, 9.17) is 0 Å². The first-order valence-electron chi connectivity index (χ1n) is 9.82. The fraction of sp³-hybridized carbons (Fsp3) is 1.00. The Morgan fingerprint density at radius 1 is 0.500 bits per heavy atom. The van der Waals surface area contributed by atoms with Crippen molar-refractivity contribution in [1.82, 2.24) is 0 Å². The molecule has 0 rings (SSSR count). The lowest BCUT2D eigenvalue weighted by Crippen LogP contribution is -2.49. The minimum absolute atomic E-state index is 0.710. The Morgan fingerprint density at radius 3 is 1.09 bits per heavy atom. The topological polar surface area (TPSA) is 40.5 Å². The van der Waals surface area contributed by atoms with Crippen molar-refractivity contribution in [2.45, 2.75) is 129 Å². The highest BCUT2D eigenvalue weighted by Crippen LogP contribution is 2.32. The molecule has 0 aliphatic carbocycles. The van der Waals surface area contributed by atoms with E-state index in [1.165, 1.54) is 64.2 Å². The summed E-state index contributed by atoms with van der Waals surface area (Å²) in [6.07, 6.45) is 16.1. The molecule has 0 bridgehead atoms. The van der Waals surface area contributed by atoms with Crippen molar-refractivity contribution in [3.63, 3.8) is 0 Å². The first kappa shape index (κ1) is 21.9. The second-order valence-corrected chi connectivity index (χ2v) is 7.58. The Balaban J connectivity index is 3.87. The molecule has 0 heterocycles. The average Bonchev–Trinajstić information content (AvgIpc) is 2.46. The lowest BCUT2D eigenvalue weighted by atomic mass is 9.78. The molecule has 22 heavy (non-hydrogen) atoms. The molecular formula is C20H42O2. The third-order valence-corrected chi connectivity index (χ3v) is 5.19. The molecule has 0 aliphatic heterocycles. The number of rotatable bonds is 15. The van der Waals surface area contributed by atoms with Gasteiger partial charge in [-0.1, -0.05) is 90.9 Å². The lowest BCUT2D eigenvalue weighted by Gasteiger charge is -2.39. The lowest BCUT2D eigenvalue weighted by molar-refractivity contribution is -0.140. The van der Waals surface area contributed by atoms with Crippen molar-refractivity contribution >= 4 is 0 Å². The molecule has 0 radical (unpaired) electrons. The molecule has 0 amide bonds. The van der Waals surface area contributed by atoms with Gasteiger partial charge in [-0.25, -0.2) is 0 Å². The summed E-state index contributed by atoms with van der Waals surface area (Å²) in [6, 6.07) is 0. The standard InChI is InChI=1S/C20H42O2/c1-5-7-9-11-13-15-17-19(3,21)20(4,22)18-16-14-12-10-8-6-2/h21-22H,5-18H2,1-4H3. The van der Waals surface area contributed by atoms with E-state index < -0.39 is 11.2 Å². The normalized spacial score (nSPS) is 17.2. The van der Waals surface area contributed by atoms with Gasteiger partial charge < -0.3 is 10.2 Å². The highest BCUT2D eigenvalue weighted by atomic mass is 16.4. The van der Waals surface area contributed by atoms with Gasteiger partial charge in [-0.3, -0.25) is 0 Å². The van der Waals surface area contributed by atoms with Crippen LogP contribution in [0.5, 0.6) is 0 Å². The van der Waals surface area contributed by atoms with E-state index >= 15 is 0 Å². The maximum absolute atomic E-state index is 10.6. The molecule has 2 N–H and O–H groups in total. The van der Waals surface area contributed by atoms with Crippen LogP contribution in [0.3, 0.4) is 0 Å². The van der Waals surface area contributed by atoms with Gasteiger partial charge in [0.15, 0.2) is 0 Å². The zero-order chi connectivity index (χ0) is 16.9. The van der Waals surface area contributed by atoms with Crippen LogP contribution in [0, 0.1) is 0 Å². The Bertz CT molecular complexity index is 220. The highest BCUT2D eigenvalue weighted by Gasteiger charge is 2.40. The van der Waals surface area contributed by atoms with E-state index in [-0.39, 0.29) is 0 Å². The van der Waals surface area contributed by atoms with Crippen LogP contribution in [0.4, 0.5) is 0 Å². The summed E-state index contributed by atoms with van der Waals surface area (Å²) in [4.78, 5) is 0. The minimum atomic E-state index is -0.957. The molecule has 0 spiro atoms. The van der Waals surface area contributed by atoms with Crippen LogP contribution in [-0.4, -0.2) is 21.4 Å². The molecular weight excluding hydrogens is 272 g/mol. The van der Waals surface area contributed by atoms with Crippen molar-refractivity contribution < 1.29 is 10.2 Å². The molecule has 2 nitrogen and oxygen atoms in total. The van der Waals surface area contributed by atoms with Crippen LogP contribution in [0.25, 0.3) is 0 Å². The number of hydrogen-bond acceptors (Lipinski definition) is 2. The van der Waals surface area contributed by atoms with Gasteiger partial charge in [-0.2, -0.15) is 0 Å². The van der Waals surface area contributed by atoms with E-state index in [1.807, 2.05) is 13.8 Å². The number of aliphatic hydroxyl groups is 2. The zero-order valence-corrected chi connectivity index (χ0v) is 15.8. The molecule has 0 fully saturated rings. The van der Waals surface area contributed by atoms with E-state index in [0.717, 1.165) is 12.8 Å². The summed E-state index contributed by atoms with van der Waals surface area (Å²) in [5, 5.41) is 21.3. The fourth-order valence-electron chi connectivity index (χ4n) is 3.04. The van der Waals surface area contributed by atoms with Crippen LogP contribution in [0.1, 0.15) is 118 Å². The summed E-state index contributed by atoms with van der Waals surface area (Å²) in [6.45, 7) is 8.08. The molecule has 2 atom stereocenters. The molecule has 0 saturated carbocycles. The van der Waals surface area contributed by atoms with Crippen LogP contribution in [0.2, 0.25) is 0 Å². The quantitative estimate of drug-likeness (QED) is 0.364. The Labute approximate surface area is 139 Å².